The van der Waals surface area contributed by atoms with Gasteiger partial charge in [0.15, 0.2) is 0 Å². The Bertz CT molecular complexity index is 714. The largest absolute Gasteiger partial charge is 0.435 e. The molecule has 0 saturated carbocycles. The van der Waals surface area contributed by atoms with Gasteiger partial charge in [0.05, 0.1) is 0 Å². The van der Waals surface area contributed by atoms with Crippen molar-refractivity contribution in [3.8, 4) is 5.75 Å². The first kappa shape index (κ1) is 17.4. The second-order valence-corrected chi connectivity index (χ2v) is 5.13. The fourth-order valence-electron chi connectivity index (χ4n) is 1.95. The van der Waals surface area contributed by atoms with E-state index in [1.807, 2.05) is 0 Å². The first-order chi connectivity index (χ1) is 11.4. The van der Waals surface area contributed by atoms with E-state index in [1.165, 1.54) is 29.2 Å². The number of rotatable bonds is 5. The molecule has 0 saturated heterocycles. The van der Waals surface area contributed by atoms with E-state index < -0.39 is 12.5 Å². The average Bonchev–Trinajstić information content (AvgIpc) is 2.55. The van der Waals surface area contributed by atoms with Gasteiger partial charge in [-0.1, -0.05) is 0 Å². The third-order valence-electron chi connectivity index (χ3n) is 3.14. The van der Waals surface area contributed by atoms with E-state index in [-0.39, 0.29) is 11.7 Å². The summed E-state index contributed by atoms with van der Waals surface area (Å²) in [7, 11) is 3.30. The van der Waals surface area contributed by atoms with Crippen LogP contribution in [0.4, 0.5) is 14.5 Å². The number of alkyl halides is 2. The maximum atomic E-state index is 12.1. The molecule has 126 valence electrons. The van der Waals surface area contributed by atoms with Crippen LogP contribution in [0.15, 0.2) is 48.5 Å². The molecule has 0 spiro atoms. The Labute approximate surface area is 137 Å². The lowest BCUT2D eigenvalue weighted by Gasteiger charge is -2.11. The van der Waals surface area contributed by atoms with Crippen LogP contribution in [-0.2, 0) is 0 Å². The van der Waals surface area contributed by atoms with Crippen LogP contribution in [-0.4, -0.2) is 37.4 Å². The molecule has 0 bridgehead atoms. The highest BCUT2D eigenvalue weighted by atomic mass is 19.3. The Morgan fingerprint density at radius 3 is 2.00 bits per heavy atom. The van der Waals surface area contributed by atoms with Gasteiger partial charge in [-0.15, -0.1) is 0 Å². The van der Waals surface area contributed by atoms with Gasteiger partial charge in [0.2, 0.25) is 0 Å². The number of hydrogen-bond acceptors (Lipinski definition) is 3. The van der Waals surface area contributed by atoms with Crippen molar-refractivity contribution in [1.29, 1.82) is 0 Å². The first-order valence-electron chi connectivity index (χ1n) is 7.05. The normalized spacial score (nSPS) is 10.4. The fraction of sp³-hybridized carbons (Fsp3) is 0.176. The molecule has 0 aromatic heterocycles. The van der Waals surface area contributed by atoms with Gasteiger partial charge in [-0.05, 0) is 48.5 Å². The van der Waals surface area contributed by atoms with Gasteiger partial charge in [0, 0.05) is 30.9 Å². The highest BCUT2D eigenvalue weighted by molar-refractivity contribution is 6.04. The molecule has 5 nitrogen and oxygen atoms in total. The van der Waals surface area contributed by atoms with Crippen LogP contribution in [0.2, 0.25) is 0 Å². The summed E-state index contributed by atoms with van der Waals surface area (Å²) in [5.74, 6) is -0.555. The maximum absolute atomic E-state index is 12.1. The topological polar surface area (TPSA) is 58.6 Å². The van der Waals surface area contributed by atoms with Crippen molar-refractivity contribution in [2.24, 2.45) is 0 Å². The van der Waals surface area contributed by atoms with Gasteiger partial charge in [0.1, 0.15) is 5.75 Å². The predicted octanol–water partition coefficient (Wildman–Crippen LogP) is 3.24. The van der Waals surface area contributed by atoms with Crippen molar-refractivity contribution >= 4 is 17.5 Å². The van der Waals surface area contributed by atoms with E-state index in [9.17, 15) is 18.4 Å². The van der Waals surface area contributed by atoms with E-state index in [1.54, 1.807) is 38.4 Å². The van der Waals surface area contributed by atoms with Crippen molar-refractivity contribution < 1.29 is 23.1 Å². The molecule has 0 radical (unpaired) electrons. The van der Waals surface area contributed by atoms with Gasteiger partial charge in [-0.25, -0.2) is 0 Å². The third kappa shape index (κ3) is 4.52. The zero-order valence-corrected chi connectivity index (χ0v) is 13.1. The number of ether oxygens (including phenoxy) is 1. The number of nitrogens with one attached hydrogen (secondary N) is 1. The van der Waals surface area contributed by atoms with E-state index in [0.29, 0.717) is 16.8 Å². The molecule has 24 heavy (non-hydrogen) atoms. The van der Waals surface area contributed by atoms with Gasteiger partial charge < -0.3 is 15.0 Å². The minimum absolute atomic E-state index is 0.0203. The zero-order valence-electron chi connectivity index (χ0n) is 13.1. The molecule has 0 heterocycles. The summed E-state index contributed by atoms with van der Waals surface area (Å²) in [6.07, 6.45) is 0. The summed E-state index contributed by atoms with van der Waals surface area (Å²) in [6, 6.07) is 11.8. The minimum atomic E-state index is -2.91. The molecule has 0 unspecified atom stereocenters. The molecule has 0 fully saturated rings. The molecule has 1 N–H and O–H groups in total. The second kappa shape index (κ2) is 7.54. The van der Waals surface area contributed by atoms with Gasteiger partial charge in [-0.2, -0.15) is 8.78 Å². The van der Waals surface area contributed by atoms with Crippen LogP contribution in [0, 0.1) is 0 Å². The number of carbonyl (C=O) groups is 2. The highest BCUT2D eigenvalue weighted by Crippen LogP contribution is 2.17. The number of nitrogens with zero attached hydrogens (tertiary/aromatic N) is 1. The average molecular weight is 334 g/mol. The molecule has 2 aromatic rings. The number of halogens is 2. The standard InChI is InChI=1S/C17H16F2N2O3/c1-21(2)16(23)12-3-7-13(8-4-12)20-15(22)11-5-9-14(10-6-11)24-17(18)19/h3-10,17H,1-2H3,(H,20,22). The lowest BCUT2D eigenvalue weighted by Crippen LogP contribution is -2.21. The van der Waals surface area contributed by atoms with Crippen LogP contribution in [0.25, 0.3) is 0 Å². The molecule has 2 amide bonds. The van der Waals surface area contributed by atoms with Crippen molar-refractivity contribution in [1.82, 2.24) is 4.90 Å². The summed E-state index contributed by atoms with van der Waals surface area (Å²) in [4.78, 5) is 25.3. The maximum Gasteiger partial charge on any atom is 0.387 e. The SMILES string of the molecule is CN(C)C(=O)c1ccc(NC(=O)c2ccc(OC(F)F)cc2)cc1. The summed E-state index contributed by atoms with van der Waals surface area (Å²) < 4.78 is 28.4. The third-order valence-corrected chi connectivity index (χ3v) is 3.14. The number of anilines is 1. The molecule has 0 aliphatic heterocycles. The van der Waals surface area contributed by atoms with Crippen molar-refractivity contribution in [3.05, 3.63) is 59.7 Å². The molecule has 2 rings (SSSR count). The molecule has 0 aliphatic carbocycles. The number of hydrogen-bond donors (Lipinski definition) is 1. The Morgan fingerprint density at radius 2 is 1.50 bits per heavy atom. The summed E-state index contributed by atoms with van der Waals surface area (Å²) in [6.45, 7) is -2.91. The lowest BCUT2D eigenvalue weighted by atomic mass is 10.1. The van der Waals surface area contributed by atoms with Crippen LogP contribution >= 0.6 is 0 Å². The molecular weight excluding hydrogens is 318 g/mol. The van der Waals surface area contributed by atoms with Crippen LogP contribution in [0.3, 0.4) is 0 Å². The predicted molar refractivity (Wildman–Crippen MR) is 85.5 cm³/mol. The van der Waals surface area contributed by atoms with Crippen molar-refractivity contribution in [2.45, 2.75) is 6.61 Å². The van der Waals surface area contributed by atoms with Crippen molar-refractivity contribution in [2.75, 3.05) is 19.4 Å². The van der Waals surface area contributed by atoms with Gasteiger partial charge in [0.25, 0.3) is 11.8 Å². The quantitative estimate of drug-likeness (QED) is 0.913. The Kier molecular flexibility index (Phi) is 5.47. The second-order valence-electron chi connectivity index (χ2n) is 5.13. The van der Waals surface area contributed by atoms with Gasteiger partial charge in [-0.3, -0.25) is 9.59 Å². The van der Waals surface area contributed by atoms with E-state index in [0.717, 1.165) is 0 Å². The van der Waals surface area contributed by atoms with E-state index in [2.05, 4.69) is 10.1 Å². The van der Waals surface area contributed by atoms with Crippen LogP contribution in [0.5, 0.6) is 5.75 Å². The number of benzene rings is 2. The molecule has 0 aliphatic rings. The van der Waals surface area contributed by atoms with Crippen LogP contribution < -0.4 is 10.1 Å². The number of amides is 2. The van der Waals surface area contributed by atoms with Crippen LogP contribution in [0.1, 0.15) is 20.7 Å². The molecule has 0 atom stereocenters. The lowest BCUT2D eigenvalue weighted by molar-refractivity contribution is -0.0498. The Morgan fingerprint density at radius 1 is 0.958 bits per heavy atom. The molecular formula is C17H16F2N2O3. The Hall–Kier alpha value is -2.96. The summed E-state index contributed by atoms with van der Waals surface area (Å²) in [5, 5.41) is 2.66. The molecule has 7 heteroatoms. The minimum Gasteiger partial charge on any atom is -0.435 e. The Balaban J connectivity index is 2.02. The number of carbonyl (C=O) groups excluding carboxylic acids is 2. The fourth-order valence-corrected chi connectivity index (χ4v) is 1.95. The smallest absolute Gasteiger partial charge is 0.387 e. The zero-order chi connectivity index (χ0) is 17.7. The van der Waals surface area contributed by atoms with E-state index in [4.69, 9.17) is 0 Å². The monoisotopic (exact) mass is 334 g/mol. The first-order valence-corrected chi connectivity index (χ1v) is 7.05. The highest BCUT2D eigenvalue weighted by Gasteiger charge is 2.10. The van der Waals surface area contributed by atoms with Gasteiger partial charge >= 0.3 is 6.61 Å². The molecule has 2 aromatic carbocycles. The van der Waals surface area contributed by atoms with E-state index >= 15 is 0 Å². The van der Waals surface area contributed by atoms with Crippen molar-refractivity contribution in [3.63, 3.8) is 0 Å². The summed E-state index contributed by atoms with van der Waals surface area (Å²) >= 11 is 0. The summed E-state index contributed by atoms with van der Waals surface area (Å²) in [5.41, 5.74) is 1.32.